The Labute approximate surface area is 103 Å². The standard InChI is InChI=1S/C13H19ClN2/c1-16(2)9-10-3-6-13(14)11(7-10)8-15-12-4-5-12/h3,6-7,12,15H,4-5,8-9H2,1-2H3. The third kappa shape index (κ3) is 3.48. The van der Waals surface area contributed by atoms with Gasteiger partial charge in [-0.2, -0.15) is 0 Å². The Morgan fingerprint density at radius 3 is 2.75 bits per heavy atom. The van der Waals surface area contributed by atoms with Crippen LogP contribution in [0.3, 0.4) is 0 Å². The molecule has 88 valence electrons. The summed E-state index contributed by atoms with van der Waals surface area (Å²) in [5.74, 6) is 0. The van der Waals surface area contributed by atoms with E-state index < -0.39 is 0 Å². The first-order valence-corrected chi connectivity index (χ1v) is 6.18. The quantitative estimate of drug-likeness (QED) is 0.849. The van der Waals surface area contributed by atoms with E-state index in [2.05, 4.69) is 36.4 Å². The van der Waals surface area contributed by atoms with Crippen molar-refractivity contribution in [3.8, 4) is 0 Å². The normalized spacial score (nSPS) is 15.8. The predicted molar refractivity (Wildman–Crippen MR) is 68.7 cm³/mol. The molecule has 2 nitrogen and oxygen atoms in total. The lowest BCUT2D eigenvalue weighted by atomic mass is 10.1. The van der Waals surface area contributed by atoms with E-state index in [0.717, 1.165) is 24.2 Å². The van der Waals surface area contributed by atoms with Crippen LogP contribution < -0.4 is 5.32 Å². The van der Waals surface area contributed by atoms with Crippen LogP contribution in [0.1, 0.15) is 24.0 Å². The van der Waals surface area contributed by atoms with Gasteiger partial charge in [-0.25, -0.2) is 0 Å². The van der Waals surface area contributed by atoms with Gasteiger partial charge >= 0.3 is 0 Å². The maximum Gasteiger partial charge on any atom is 0.0451 e. The molecule has 16 heavy (non-hydrogen) atoms. The smallest absolute Gasteiger partial charge is 0.0451 e. The molecule has 2 rings (SSSR count). The summed E-state index contributed by atoms with van der Waals surface area (Å²) in [6, 6.07) is 7.04. The summed E-state index contributed by atoms with van der Waals surface area (Å²) in [4.78, 5) is 2.17. The number of hydrogen-bond acceptors (Lipinski definition) is 2. The summed E-state index contributed by atoms with van der Waals surface area (Å²) < 4.78 is 0. The maximum atomic E-state index is 6.18. The molecule has 1 aliphatic rings. The summed E-state index contributed by atoms with van der Waals surface area (Å²) >= 11 is 6.18. The second-order valence-electron chi connectivity index (χ2n) is 4.82. The Morgan fingerprint density at radius 1 is 1.38 bits per heavy atom. The fourth-order valence-electron chi connectivity index (χ4n) is 1.77. The van der Waals surface area contributed by atoms with Gasteiger partial charge in [-0.15, -0.1) is 0 Å². The number of halogens is 1. The fourth-order valence-corrected chi connectivity index (χ4v) is 1.95. The highest BCUT2D eigenvalue weighted by atomic mass is 35.5. The van der Waals surface area contributed by atoms with Crippen LogP contribution in [0.5, 0.6) is 0 Å². The number of hydrogen-bond donors (Lipinski definition) is 1. The lowest BCUT2D eigenvalue weighted by molar-refractivity contribution is 0.402. The van der Waals surface area contributed by atoms with E-state index in [1.165, 1.54) is 24.0 Å². The third-order valence-electron chi connectivity index (χ3n) is 2.77. The van der Waals surface area contributed by atoms with Gasteiger partial charge in [0, 0.05) is 24.2 Å². The van der Waals surface area contributed by atoms with Gasteiger partial charge < -0.3 is 10.2 Å². The number of nitrogens with one attached hydrogen (secondary N) is 1. The monoisotopic (exact) mass is 238 g/mol. The molecule has 0 radical (unpaired) electrons. The van der Waals surface area contributed by atoms with E-state index in [9.17, 15) is 0 Å². The molecular formula is C13H19ClN2. The Kier molecular flexibility index (Phi) is 3.85. The zero-order valence-corrected chi connectivity index (χ0v) is 10.7. The average molecular weight is 239 g/mol. The highest BCUT2D eigenvalue weighted by molar-refractivity contribution is 6.31. The van der Waals surface area contributed by atoms with Crippen LogP contribution >= 0.6 is 11.6 Å². The van der Waals surface area contributed by atoms with E-state index in [-0.39, 0.29) is 0 Å². The molecule has 0 saturated heterocycles. The van der Waals surface area contributed by atoms with Crippen molar-refractivity contribution in [2.24, 2.45) is 0 Å². The molecule has 0 amide bonds. The molecule has 3 heteroatoms. The summed E-state index contributed by atoms with van der Waals surface area (Å²) in [5.41, 5.74) is 2.54. The zero-order chi connectivity index (χ0) is 11.5. The van der Waals surface area contributed by atoms with Crippen LogP contribution in [0.2, 0.25) is 5.02 Å². The largest absolute Gasteiger partial charge is 0.310 e. The van der Waals surface area contributed by atoms with Gasteiger partial charge in [0.25, 0.3) is 0 Å². The Morgan fingerprint density at radius 2 is 2.12 bits per heavy atom. The molecule has 0 heterocycles. The summed E-state index contributed by atoms with van der Waals surface area (Å²) in [6.07, 6.45) is 2.63. The van der Waals surface area contributed by atoms with Crippen molar-refractivity contribution in [2.75, 3.05) is 14.1 Å². The summed E-state index contributed by atoms with van der Waals surface area (Å²) in [7, 11) is 4.16. The van der Waals surface area contributed by atoms with Gasteiger partial charge in [-0.05, 0) is 44.1 Å². The molecule has 1 saturated carbocycles. The van der Waals surface area contributed by atoms with Crippen LogP contribution in [-0.2, 0) is 13.1 Å². The average Bonchev–Trinajstić information content (AvgIpc) is 3.02. The van der Waals surface area contributed by atoms with Gasteiger partial charge in [0.2, 0.25) is 0 Å². The lowest BCUT2D eigenvalue weighted by Gasteiger charge is -2.12. The molecule has 0 spiro atoms. The van der Waals surface area contributed by atoms with E-state index in [1.807, 2.05) is 6.07 Å². The summed E-state index contributed by atoms with van der Waals surface area (Å²) in [6.45, 7) is 1.86. The van der Waals surface area contributed by atoms with E-state index in [4.69, 9.17) is 11.6 Å². The van der Waals surface area contributed by atoms with Crippen molar-refractivity contribution >= 4 is 11.6 Å². The van der Waals surface area contributed by atoms with Gasteiger partial charge in [0.15, 0.2) is 0 Å². The predicted octanol–water partition coefficient (Wildman–Crippen LogP) is 2.65. The second-order valence-corrected chi connectivity index (χ2v) is 5.23. The van der Waals surface area contributed by atoms with Crippen LogP contribution in [0.15, 0.2) is 18.2 Å². The van der Waals surface area contributed by atoms with Crippen LogP contribution in [0, 0.1) is 0 Å². The number of benzene rings is 1. The fraction of sp³-hybridized carbons (Fsp3) is 0.538. The highest BCUT2D eigenvalue weighted by Crippen LogP contribution is 2.22. The number of nitrogens with zero attached hydrogens (tertiary/aromatic N) is 1. The first-order chi connectivity index (χ1) is 7.65. The van der Waals surface area contributed by atoms with Crippen LogP contribution in [-0.4, -0.2) is 25.0 Å². The number of rotatable bonds is 5. The first kappa shape index (κ1) is 11.9. The minimum atomic E-state index is 0.730. The van der Waals surface area contributed by atoms with Gasteiger partial charge in [-0.3, -0.25) is 0 Å². The Bertz CT molecular complexity index is 359. The molecule has 1 N–H and O–H groups in total. The van der Waals surface area contributed by atoms with Crippen molar-refractivity contribution in [3.05, 3.63) is 34.3 Å². The van der Waals surface area contributed by atoms with Crippen molar-refractivity contribution in [2.45, 2.75) is 32.0 Å². The zero-order valence-electron chi connectivity index (χ0n) is 9.96. The second kappa shape index (κ2) is 5.17. The topological polar surface area (TPSA) is 15.3 Å². The van der Waals surface area contributed by atoms with Gasteiger partial charge in [0.1, 0.15) is 0 Å². The maximum absolute atomic E-state index is 6.18. The lowest BCUT2D eigenvalue weighted by Crippen LogP contribution is -2.16. The molecule has 1 aromatic carbocycles. The van der Waals surface area contributed by atoms with Crippen molar-refractivity contribution < 1.29 is 0 Å². The molecule has 0 unspecified atom stereocenters. The minimum absolute atomic E-state index is 0.730. The summed E-state index contributed by atoms with van der Waals surface area (Å²) in [5, 5.41) is 4.37. The molecule has 0 bridgehead atoms. The van der Waals surface area contributed by atoms with E-state index in [1.54, 1.807) is 0 Å². The Balaban J connectivity index is 2.02. The molecule has 1 aliphatic carbocycles. The molecule has 0 aliphatic heterocycles. The molecule has 0 aromatic heterocycles. The molecular weight excluding hydrogens is 220 g/mol. The molecule has 0 atom stereocenters. The SMILES string of the molecule is CN(C)Cc1ccc(Cl)c(CNC2CC2)c1. The highest BCUT2D eigenvalue weighted by Gasteiger charge is 2.20. The van der Waals surface area contributed by atoms with Crippen molar-refractivity contribution in [1.82, 2.24) is 10.2 Å². The van der Waals surface area contributed by atoms with Crippen molar-refractivity contribution in [3.63, 3.8) is 0 Å². The van der Waals surface area contributed by atoms with Crippen molar-refractivity contribution in [1.29, 1.82) is 0 Å². The minimum Gasteiger partial charge on any atom is -0.310 e. The van der Waals surface area contributed by atoms with Crippen LogP contribution in [0.4, 0.5) is 0 Å². The third-order valence-corrected chi connectivity index (χ3v) is 3.14. The van der Waals surface area contributed by atoms with Gasteiger partial charge in [-0.1, -0.05) is 23.7 Å². The van der Waals surface area contributed by atoms with Gasteiger partial charge in [0.05, 0.1) is 0 Å². The molecule has 1 aromatic rings. The first-order valence-electron chi connectivity index (χ1n) is 5.80. The molecule has 1 fully saturated rings. The Hall–Kier alpha value is -0.570. The van der Waals surface area contributed by atoms with E-state index in [0.29, 0.717) is 0 Å². The van der Waals surface area contributed by atoms with Crippen LogP contribution in [0.25, 0.3) is 0 Å². The van der Waals surface area contributed by atoms with E-state index >= 15 is 0 Å².